The fourth-order valence-corrected chi connectivity index (χ4v) is 1.63. The van der Waals surface area contributed by atoms with Crippen LogP contribution in [-0.4, -0.2) is 35.9 Å². The second-order valence-corrected chi connectivity index (χ2v) is 3.65. The van der Waals surface area contributed by atoms with Crippen molar-refractivity contribution < 1.29 is 9.26 Å². The zero-order valence-electron chi connectivity index (χ0n) is 7.78. The van der Waals surface area contributed by atoms with Crippen LogP contribution in [0.2, 0.25) is 0 Å². The molecule has 0 radical (unpaired) electrons. The Hall–Kier alpha value is -0.720. The van der Waals surface area contributed by atoms with Crippen molar-refractivity contribution in [2.75, 3.05) is 19.7 Å². The van der Waals surface area contributed by atoms with E-state index in [0.717, 1.165) is 38.4 Å². The second-order valence-electron chi connectivity index (χ2n) is 3.28. The van der Waals surface area contributed by atoms with Crippen molar-refractivity contribution in [1.82, 2.24) is 15.5 Å². The number of nitrogens with one attached hydrogen (secondary N) is 2. The fourth-order valence-electron chi connectivity index (χ4n) is 1.47. The van der Waals surface area contributed by atoms with Gasteiger partial charge in [0.05, 0.1) is 12.7 Å². The first-order valence-electron chi connectivity index (χ1n) is 4.72. The SMILES string of the molecule is S=c1[nH]c(CC[C@@H]2CNCCO2)no1. The van der Waals surface area contributed by atoms with Crippen molar-refractivity contribution in [2.24, 2.45) is 0 Å². The molecule has 0 unspecified atom stereocenters. The summed E-state index contributed by atoms with van der Waals surface area (Å²) >= 11 is 4.78. The third-order valence-electron chi connectivity index (χ3n) is 2.19. The smallest absolute Gasteiger partial charge is 0.294 e. The van der Waals surface area contributed by atoms with Gasteiger partial charge in [0.25, 0.3) is 4.84 Å². The van der Waals surface area contributed by atoms with Crippen molar-refractivity contribution in [3.8, 4) is 0 Å². The molecule has 2 rings (SSSR count). The molecule has 1 atom stereocenters. The van der Waals surface area contributed by atoms with Crippen molar-refractivity contribution in [1.29, 1.82) is 0 Å². The minimum Gasteiger partial charge on any atom is -0.376 e. The molecule has 14 heavy (non-hydrogen) atoms. The summed E-state index contributed by atoms with van der Waals surface area (Å²) < 4.78 is 10.3. The minimum atomic E-state index is 0.280. The average Bonchev–Trinajstić information content (AvgIpc) is 2.63. The van der Waals surface area contributed by atoms with E-state index in [1.807, 2.05) is 0 Å². The van der Waals surface area contributed by atoms with Crippen molar-refractivity contribution in [3.05, 3.63) is 10.7 Å². The van der Waals surface area contributed by atoms with Crippen LogP contribution in [0.3, 0.4) is 0 Å². The molecular formula is C8H13N3O2S. The Labute approximate surface area is 86.8 Å². The number of aromatic amines is 1. The highest BCUT2D eigenvalue weighted by Gasteiger charge is 2.13. The first kappa shape index (κ1) is 9.82. The van der Waals surface area contributed by atoms with Gasteiger partial charge in [0.15, 0.2) is 0 Å². The third kappa shape index (κ3) is 2.63. The number of ether oxygens (including phenoxy) is 1. The molecule has 1 aliphatic rings. The maximum atomic E-state index is 5.55. The van der Waals surface area contributed by atoms with Gasteiger partial charge in [-0.2, -0.15) is 0 Å². The third-order valence-corrected chi connectivity index (χ3v) is 2.37. The van der Waals surface area contributed by atoms with Crippen LogP contribution >= 0.6 is 12.2 Å². The van der Waals surface area contributed by atoms with Crippen LogP contribution in [0.4, 0.5) is 0 Å². The van der Waals surface area contributed by atoms with Gasteiger partial charge in [-0.1, -0.05) is 5.16 Å². The molecule has 6 heteroatoms. The van der Waals surface area contributed by atoms with E-state index in [4.69, 9.17) is 21.5 Å². The van der Waals surface area contributed by atoms with E-state index in [-0.39, 0.29) is 6.10 Å². The van der Waals surface area contributed by atoms with Crippen LogP contribution in [0.25, 0.3) is 0 Å². The van der Waals surface area contributed by atoms with E-state index < -0.39 is 0 Å². The predicted octanol–water partition coefficient (Wildman–Crippen LogP) is 0.653. The van der Waals surface area contributed by atoms with Crippen LogP contribution in [0.5, 0.6) is 0 Å². The Morgan fingerprint density at radius 1 is 1.57 bits per heavy atom. The summed E-state index contributed by atoms with van der Waals surface area (Å²) in [6, 6.07) is 0. The molecular weight excluding hydrogens is 202 g/mol. The standard InChI is InChI=1S/C8H13N3O2S/c14-8-10-7(11-13-8)2-1-6-5-9-3-4-12-6/h6,9H,1-5H2,(H,10,11,14)/t6-/m1/s1. The summed E-state index contributed by atoms with van der Waals surface area (Å²) in [6.07, 6.45) is 2.03. The molecule has 0 spiro atoms. The molecule has 0 aromatic carbocycles. The number of aryl methyl sites for hydroxylation is 1. The zero-order valence-corrected chi connectivity index (χ0v) is 8.60. The molecule has 5 nitrogen and oxygen atoms in total. The second kappa shape index (κ2) is 4.68. The molecule has 1 aromatic rings. The van der Waals surface area contributed by atoms with Gasteiger partial charge in [0.2, 0.25) is 0 Å². The van der Waals surface area contributed by atoms with Gasteiger partial charge in [-0.15, -0.1) is 0 Å². The normalized spacial score (nSPS) is 22.4. The summed E-state index contributed by atoms with van der Waals surface area (Å²) in [6.45, 7) is 2.65. The average molecular weight is 215 g/mol. The summed E-state index contributed by atoms with van der Waals surface area (Å²) in [5, 5.41) is 7.07. The molecule has 0 aliphatic carbocycles. The molecule has 2 heterocycles. The Morgan fingerprint density at radius 2 is 2.50 bits per heavy atom. The number of nitrogens with zero attached hydrogens (tertiary/aromatic N) is 1. The minimum absolute atomic E-state index is 0.280. The lowest BCUT2D eigenvalue weighted by atomic mass is 10.2. The summed E-state index contributed by atoms with van der Waals surface area (Å²) in [5.74, 6) is 0.796. The van der Waals surface area contributed by atoms with Gasteiger partial charge < -0.3 is 14.6 Å². The zero-order chi connectivity index (χ0) is 9.80. The van der Waals surface area contributed by atoms with E-state index in [1.165, 1.54) is 0 Å². The van der Waals surface area contributed by atoms with Crippen molar-refractivity contribution in [2.45, 2.75) is 18.9 Å². The maximum absolute atomic E-state index is 5.55. The van der Waals surface area contributed by atoms with E-state index in [9.17, 15) is 0 Å². The first-order chi connectivity index (χ1) is 6.84. The van der Waals surface area contributed by atoms with Gasteiger partial charge in [0.1, 0.15) is 5.82 Å². The van der Waals surface area contributed by atoms with Crippen LogP contribution in [0.1, 0.15) is 12.2 Å². The molecule has 1 fully saturated rings. The van der Waals surface area contributed by atoms with Crippen LogP contribution in [0.15, 0.2) is 4.52 Å². The highest BCUT2D eigenvalue weighted by molar-refractivity contribution is 7.71. The molecule has 1 aromatic heterocycles. The van der Waals surface area contributed by atoms with Gasteiger partial charge in [-0.05, 0) is 18.6 Å². The topological polar surface area (TPSA) is 63.1 Å². The maximum Gasteiger partial charge on any atom is 0.294 e. The summed E-state index contributed by atoms with van der Waals surface area (Å²) in [7, 11) is 0. The van der Waals surface area contributed by atoms with Gasteiger partial charge in [-0.3, -0.25) is 4.98 Å². The first-order valence-corrected chi connectivity index (χ1v) is 5.12. The number of hydrogen-bond donors (Lipinski definition) is 2. The lowest BCUT2D eigenvalue weighted by molar-refractivity contribution is 0.0235. The highest BCUT2D eigenvalue weighted by Crippen LogP contribution is 2.05. The number of H-pyrrole nitrogens is 1. The highest BCUT2D eigenvalue weighted by atomic mass is 32.1. The van der Waals surface area contributed by atoms with Crippen molar-refractivity contribution >= 4 is 12.2 Å². The Kier molecular flexibility index (Phi) is 3.28. The Balaban J connectivity index is 1.78. The van der Waals surface area contributed by atoms with Gasteiger partial charge in [0, 0.05) is 19.5 Å². The van der Waals surface area contributed by atoms with Crippen molar-refractivity contribution in [3.63, 3.8) is 0 Å². The van der Waals surface area contributed by atoms with E-state index in [1.54, 1.807) is 0 Å². The predicted molar refractivity (Wildman–Crippen MR) is 52.6 cm³/mol. The monoisotopic (exact) mass is 215 g/mol. The largest absolute Gasteiger partial charge is 0.376 e. The molecule has 0 amide bonds. The Bertz CT molecular complexity index is 329. The van der Waals surface area contributed by atoms with Crippen LogP contribution in [0, 0.1) is 4.84 Å². The fraction of sp³-hybridized carbons (Fsp3) is 0.750. The lowest BCUT2D eigenvalue weighted by Gasteiger charge is -2.22. The summed E-state index contributed by atoms with van der Waals surface area (Å²) in [5.41, 5.74) is 0. The molecule has 0 bridgehead atoms. The van der Waals surface area contributed by atoms with Crippen LogP contribution < -0.4 is 5.32 Å². The van der Waals surface area contributed by atoms with Crippen LogP contribution in [-0.2, 0) is 11.2 Å². The lowest BCUT2D eigenvalue weighted by Crippen LogP contribution is -2.38. The summed E-state index contributed by atoms with van der Waals surface area (Å²) in [4.78, 5) is 3.21. The van der Waals surface area contributed by atoms with E-state index >= 15 is 0 Å². The van der Waals surface area contributed by atoms with E-state index in [0.29, 0.717) is 4.84 Å². The van der Waals surface area contributed by atoms with Gasteiger partial charge in [-0.25, -0.2) is 0 Å². The molecule has 1 aliphatic heterocycles. The molecule has 78 valence electrons. The number of hydrogen-bond acceptors (Lipinski definition) is 5. The quantitative estimate of drug-likeness (QED) is 0.725. The molecule has 2 N–H and O–H groups in total. The number of aromatic nitrogens is 2. The Morgan fingerprint density at radius 3 is 3.14 bits per heavy atom. The molecule has 1 saturated heterocycles. The van der Waals surface area contributed by atoms with Gasteiger partial charge >= 0.3 is 0 Å². The number of morpholine rings is 1. The molecule has 0 saturated carbocycles. The van der Waals surface area contributed by atoms with E-state index in [2.05, 4.69) is 15.5 Å². The number of rotatable bonds is 3.